The number of hydrogen-bond acceptors (Lipinski definition) is 3. The summed E-state index contributed by atoms with van der Waals surface area (Å²) in [5, 5.41) is 2.98. The van der Waals surface area contributed by atoms with E-state index in [-0.39, 0.29) is 0 Å². The van der Waals surface area contributed by atoms with Crippen molar-refractivity contribution in [1.82, 2.24) is 4.98 Å². The van der Waals surface area contributed by atoms with Crippen molar-refractivity contribution in [1.29, 1.82) is 0 Å². The summed E-state index contributed by atoms with van der Waals surface area (Å²) < 4.78 is 0. The minimum Gasteiger partial charge on any atom is -0.359 e. The molecule has 0 bridgehead atoms. The first kappa shape index (κ1) is 12.6. The van der Waals surface area contributed by atoms with E-state index in [0.29, 0.717) is 0 Å². The second-order valence-corrected chi connectivity index (χ2v) is 5.50. The highest BCUT2D eigenvalue weighted by molar-refractivity contribution is 9.08. The second kappa shape index (κ2) is 6.17. The largest absolute Gasteiger partial charge is 0.359 e. The van der Waals surface area contributed by atoms with Crippen molar-refractivity contribution >= 4 is 33.1 Å². The van der Waals surface area contributed by atoms with Crippen LogP contribution in [0.3, 0.4) is 0 Å². The van der Waals surface area contributed by atoms with Gasteiger partial charge < -0.3 is 4.90 Å². The van der Waals surface area contributed by atoms with Crippen LogP contribution in [0.2, 0.25) is 0 Å². The van der Waals surface area contributed by atoms with Gasteiger partial charge in [0.2, 0.25) is 0 Å². The maximum atomic E-state index is 4.45. The zero-order valence-electron chi connectivity index (χ0n) is 9.77. The van der Waals surface area contributed by atoms with Crippen LogP contribution in [-0.4, -0.2) is 18.6 Å². The van der Waals surface area contributed by atoms with Crippen molar-refractivity contribution in [3.63, 3.8) is 0 Å². The number of likely N-dealkylation sites (N-methyl/N-ethyl adjacent to an activating group) is 1. The maximum absolute atomic E-state index is 4.45. The van der Waals surface area contributed by atoms with E-state index in [1.54, 1.807) is 0 Å². The van der Waals surface area contributed by atoms with Crippen molar-refractivity contribution in [3.05, 3.63) is 46.3 Å². The SMILES string of the molecule is CN(CCc1cccs1)c1ccc(CBr)cn1. The van der Waals surface area contributed by atoms with E-state index in [2.05, 4.69) is 62.5 Å². The van der Waals surface area contributed by atoms with Crippen LogP contribution in [-0.2, 0) is 11.8 Å². The summed E-state index contributed by atoms with van der Waals surface area (Å²) in [4.78, 5) is 8.07. The van der Waals surface area contributed by atoms with Gasteiger partial charge in [-0.25, -0.2) is 4.98 Å². The molecule has 2 heterocycles. The number of alkyl halides is 1. The molecule has 0 saturated carbocycles. The number of halogens is 1. The summed E-state index contributed by atoms with van der Waals surface area (Å²) in [6.45, 7) is 1.00. The molecule has 0 aliphatic carbocycles. The van der Waals surface area contributed by atoms with Gasteiger partial charge in [-0.1, -0.05) is 28.1 Å². The van der Waals surface area contributed by atoms with E-state index in [0.717, 1.165) is 24.1 Å². The van der Waals surface area contributed by atoms with E-state index < -0.39 is 0 Å². The van der Waals surface area contributed by atoms with Crippen LogP contribution < -0.4 is 4.90 Å². The van der Waals surface area contributed by atoms with Gasteiger partial charge in [0.15, 0.2) is 0 Å². The quantitative estimate of drug-likeness (QED) is 0.783. The number of anilines is 1. The van der Waals surface area contributed by atoms with E-state index in [1.807, 2.05) is 17.5 Å². The van der Waals surface area contributed by atoms with Crippen LogP contribution >= 0.6 is 27.3 Å². The molecule has 0 N–H and O–H groups in total. The number of rotatable bonds is 5. The maximum Gasteiger partial charge on any atom is 0.128 e. The van der Waals surface area contributed by atoms with Crippen LogP contribution in [0.1, 0.15) is 10.4 Å². The molecular formula is C13H15BrN2S. The Kier molecular flexibility index (Phi) is 4.57. The van der Waals surface area contributed by atoms with Gasteiger partial charge in [0, 0.05) is 30.0 Å². The molecule has 0 saturated heterocycles. The third-order valence-corrected chi connectivity index (χ3v) is 4.21. The third-order valence-electron chi connectivity index (χ3n) is 2.63. The van der Waals surface area contributed by atoms with E-state index >= 15 is 0 Å². The molecule has 2 nitrogen and oxygen atoms in total. The molecular weight excluding hydrogens is 296 g/mol. The fourth-order valence-corrected chi connectivity index (χ4v) is 2.60. The molecule has 0 aromatic carbocycles. The van der Waals surface area contributed by atoms with E-state index in [9.17, 15) is 0 Å². The van der Waals surface area contributed by atoms with Crippen LogP contribution in [0.5, 0.6) is 0 Å². The lowest BCUT2D eigenvalue weighted by Crippen LogP contribution is -2.21. The molecule has 90 valence electrons. The number of pyridine rings is 1. The van der Waals surface area contributed by atoms with Crippen molar-refractivity contribution in [2.24, 2.45) is 0 Å². The van der Waals surface area contributed by atoms with Gasteiger partial charge in [0.25, 0.3) is 0 Å². The van der Waals surface area contributed by atoms with Crippen molar-refractivity contribution in [2.45, 2.75) is 11.8 Å². The Balaban J connectivity index is 1.92. The Morgan fingerprint density at radius 1 is 1.35 bits per heavy atom. The molecule has 0 atom stereocenters. The molecule has 2 aromatic heterocycles. The number of thiophene rings is 1. The van der Waals surface area contributed by atoms with Crippen molar-refractivity contribution < 1.29 is 0 Å². The van der Waals surface area contributed by atoms with Gasteiger partial charge in [0.1, 0.15) is 5.82 Å². The Morgan fingerprint density at radius 2 is 2.24 bits per heavy atom. The highest BCUT2D eigenvalue weighted by Gasteiger charge is 2.03. The van der Waals surface area contributed by atoms with Crippen molar-refractivity contribution in [3.8, 4) is 0 Å². The molecule has 0 amide bonds. The van der Waals surface area contributed by atoms with Crippen LogP contribution in [0.15, 0.2) is 35.8 Å². The van der Waals surface area contributed by atoms with Gasteiger partial charge in [-0.2, -0.15) is 0 Å². The highest BCUT2D eigenvalue weighted by Crippen LogP contribution is 2.14. The lowest BCUT2D eigenvalue weighted by atomic mass is 10.3. The molecule has 2 rings (SSSR count). The lowest BCUT2D eigenvalue weighted by molar-refractivity contribution is 0.868. The monoisotopic (exact) mass is 310 g/mol. The van der Waals surface area contributed by atoms with E-state index in [4.69, 9.17) is 0 Å². The first-order valence-electron chi connectivity index (χ1n) is 5.54. The van der Waals surface area contributed by atoms with Crippen LogP contribution in [0.25, 0.3) is 0 Å². The minimum absolute atomic E-state index is 0.860. The molecule has 0 spiro atoms. The summed E-state index contributed by atoms with van der Waals surface area (Å²) in [6.07, 6.45) is 3.00. The highest BCUT2D eigenvalue weighted by atomic mass is 79.9. The molecule has 0 unspecified atom stereocenters. The second-order valence-electron chi connectivity index (χ2n) is 3.91. The molecule has 17 heavy (non-hydrogen) atoms. The predicted octanol–water partition coefficient (Wildman–Crippen LogP) is 3.72. The molecule has 0 fully saturated rings. The topological polar surface area (TPSA) is 16.1 Å². The van der Waals surface area contributed by atoms with Gasteiger partial charge >= 0.3 is 0 Å². The normalized spacial score (nSPS) is 10.5. The number of hydrogen-bond donors (Lipinski definition) is 0. The van der Waals surface area contributed by atoms with Crippen molar-refractivity contribution in [2.75, 3.05) is 18.5 Å². The molecule has 2 aromatic rings. The molecule has 0 radical (unpaired) electrons. The average molecular weight is 311 g/mol. The molecule has 4 heteroatoms. The number of aromatic nitrogens is 1. The fraction of sp³-hybridized carbons (Fsp3) is 0.308. The summed E-state index contributed by atoms with van der Waals surface area (Å²) in [7, 11) is 2.09. The van der Waals surface area contributed by atoms with Gasteiger partial charge in [-0.3, -0.25) is 0 Å². The van der Waals surface area contributed by atoms with Crippen LogP contribution in [0.4, 0.5) is 5.82 Å². The molecule has 0 aliphatic heterocycles. The first-order chi connectivity index (χ1) is 8.29. The van der Waals surface area contributed by atoms with Gasteiger partial charge in [0.05, 0.1) is 0 Å². The summed E-state index contributed by atoms with van der Waals surface area (Å²) in [5.74, 6) is 1.03. The van der Waals surface area contributed by atoms with Gasteiger partial charge in [-0.15, -0.1) is 11.3 Å². The Labute approximate surface area is 114 Å². The average Bonchev–Trinajstić information content (AvgIpc) is 2.89. The molecule has 0 aliphatic rings. The Hall–Kier alpha value is -0.870. The fourth-order valence-electron chi connectivity index (χ4n) is 1.57. The Bertz CT molecular complexity index is 439. The van der Waals surface area contributed by atoms with Crippen LogP contribution in [0, 0.1) is 0 Å². The third kappa shape index (κ3) is 3.54. The smallest absolute Gasteiger partial charge is 0.128 e. The Morgan fingerprint density at radius 3 is 2.82 bits per heavy atom. The number of nitrogens with zero attached hydrogens (tertiary/aromatic N) is 2. The predicted molar refractivity (Wildman–Crippen MR) is 78.2 cm³/mol. The van der Waals surface area contributed by atoms with E-state index in [1.165, 1.54) is 10.4 Å². The summed E-state index contributed by atoms with van der Waals surface area (Å²) in [6, 6.07) is 8.46. The lowest BCUT2D eigenvalue weighted by Gasteiger charge is -2.17. The first-order valence-corrected chi connectivity index (χ1v) is 7.54. The zero-order chi connectivity index (χ0) is 12.1. The van der Waals surface area contributed by atoms with Gasteiger partial charge in [-0.05, 0) is 29.5 Å². The minimum atomic E-state index is 0.860. The summed E-state index contributed by atoms with van der Waals surface area (Å²) >= 11 is 5.24. The zero-order valence-corrected chi connectivity index (χ0v) is 12.2. The standard InChI is InChI=1S/C13H15BrN2S/c1-16(7-6-12-3-2-8-17-12)13-5-4-11(9-14)10-15-13/h2-5,8,10H,6-7,9H2,1H3. The summed E-state index contributed by atoms with van der Waals surface area (Å²) in [5.41, 5.74) is 1.21.